The first kappa shape index (κ1) is 21.7. The molecule has 0 unspecified atom stereocenters. The minimum atomic E-state index is -0.514. The standard InChI is InChI=1S/C24H30N2O4S/c1-26-22(20-11-8-12-31-20)21(23(27)25-15-9-6-4-5-7-10-15)16-13-18(29-2)19(30-3)14-17(16)24(26)28/h8,11-15,21-22H,4-7,9-10H2,1-3H3,(H,25,27)/t21-,22+/m1/s1. The third kappa shape index (κ3) is 4.15. The van der Waals surface area contributed by atoms with Gasteiger partial charge in [0.1, 0.15) is 0 Å². The number of hydrogen-bond acceptors (Lipinski definition) is 5. The van der Waals surface area contributed by atoms with Gasteiger partial charge in [-0.1, -0.05) is 31.7 Å². The summed E-state index contributed by atoms with van der Waals surface area (Å²) in [5.74, 6) is 0.349. The number of carbonyl (C=O) groups excluding carboxylic acids is 2. The van der Waals surface area contributed by atoms with E-state index in [0.717, 1.165) is 30.6 Å². The van der Waals surface area contributed by atoms with E-state index >= 15 is 0 Å². The highest BCUT2D eigenvalue weighted by atomic mass is 32.1. The van der Waals surface area contributed by atoms with E-state index in [1.54, 1.807) is 49.6 Å². The lowest BCUT2D eigenvalue weighted by atomic mass is 9.81. The Morgan fingerprint density at radius 1 is 1.10 bits per heavy atom. The average molecular weight is 443 g/mol. The minimum Gasteiger partial charge on any atom is -0.493 e. The predicted octanol–water partition coefficient (Wildman–Crippen LogP) is 4.51. The number of likely N-dealkylation sites (N-methyl/N-ethyl adjacent to an activating group) is 1. The first-order valence-corrected chi connectivity index (χ1v) is 11.8. The fourth-order valence-corrected chi connectivity index (χ4v) is 5.77. The predicted molar refractivity (Wildman–Crippen MR) is 121 cm³/mol. The summed E-state index contributed by atoms with van der Waals surface area (Å²) >= 11 is 1.57. The quantitative estimate of drug-likeness (QED) is 0.692. The molecule has 31 heavy (non-hydrogen) atoms. The molecule has 0 radical (unpaired) electrons. The average Bonchev–Trinajstić information content (AvgIpc) is 3.19. The third-order valence-electron chi connectivity index (χ3n) is 6.49. The molecule has 4 rings (SSSR count). The topological polar surface area (TPSA) is 67.9 Å². The Hall–Kier alpha value is -2.54. The van der Waals surface area contributed by atoms with E-state index in [1.165, 1.54) is 12.8 Å². The molecule has 1 aromatic carbocycles. The van der Waals surface area contributed by atoms with Crippen LogP contribution in [0.25, 0.3) is 0 Å². The van der Waals surface area contributed by atoms with Crippen LogP contribution in [-0.2, 0) is 4.79 Å². The smallest absolute Gasteiger partial charge is 0.254 e. The van der Waals surface area contributed by atoms with Gasteiger partial charge in [0.15, 0.2) is 11.5 Å². The number of benzene rings is 1. The summed E-state index contributed by atoms with van der Waals surface area (Å²) in [6.45, 7) is 0. The van der Waals surface area contributed by atoms with Gasteiger partial charge in [0.05, 0.1) is 26.2 Å². The molecule has 0 spiro atoms. The number of rotatable bonds is 5. The van der Waals surface area contributed by atoms with Crippen molar-refractivity contribution >= 4 is 23.2 Å². The highest BCUT2D eigenvalue weighted by Gasteiger charge is 2.44. The zero-order chi connectivity index (χ0) is 22.0. The van der Waals surface area contributed by atoms with Crippen LogP contribution in [0.15, 0.2) is 29.6 Å². The molecule has 2 atom stereocenters. The summed E-state index contributed by atoms with van der Waals surface area (Å²) in [5, 5.41) is 5.30. The number of methoxy groups -OCH3 is 2. The van der Waals surface area contributed by atoms with Crippen LogP contribution in [0.3, 0.4) is 0 Å². The number of carbonyl (C=O) groups is 2. The van der Waals surface area contributed by atoms with Gasteiger partial charge in [-0.3, -0.25) is 9.59 Å². The Morgan fingerprint density at radius 2 is 1.77 bits per heavy atom. The SMILES string of the molecule is COc1cc2c(cc1OC)[C@@H](C(=O)NC1CCCCCC1)[C@H](c1cccs1)N(C)C2=O. The van der Waals surface area contributed by atoms with Gasteiger partial charge < -0.3 is 19.7 Å². The molecule has 1 aliphatic heterocycles. The van der Waals surface area contributed by atoms with Crippen LogP contribution in [0.5, 0.6) is 11.5 Å². The van der Waals surface area contributed by atoms with Crippen LogP contribution in [0.1, 0.15) is 71.3 Å². The lowest BCUT2D eigenvalue weighted by Gasteiger charge is -2.39. The molecule has 2 aromatic rings. The Kier molecular flexibility index (Phi) is 6.51. The Balaban J connectivity index is 1.78. The van der Waals surface area contributed by atoms with Gasteiger partial charge >= 0.3 is 0 Å². The molecule has 166 valence electrons. The fourth-order valence-electron chi connectivity index (χ4n) is 4.86. The van der Waals surface area contributed by atoms with Gasteiger partial charge in [-0.05, 0) is 42.0 Å². The summed E-state index contributed by atoms with van der Waals surface area (Å²) in [5.41, 5.74) is 1.19. The Labute approximate surface area is 187 Å². The van der Waals surface area contributed by atoms with E-state index in [9.17, 15) is 9.59 Å². The number of amides is 2. The second-order valence-electron chi connectivity index (χ2n) is 8.35. The zero-order valence-electron chi connectivity index (χ0n) is 18.3. The second kappa shape index (κ2) is 9.30. The summed E-state index contributed by atoms with van der Waals surface area (Å²) in [4.78, 5) is 29.7. The van der Waals surface area contributed by atoms with E-state index in [0.29, 0.717) is 22.6 Å². The summed E-state index contributed by atoms with van der Waals surface area (Å²) in [6.07, 6.45) is 6.76. The molecular weight excluding hydrogens is 412 g/mol. The summed E-state index contributed by atoms with van der Waals surface area (Å²) in [6, 6.07) is 7.29. The maximum absolute atomic E-state index is 13.7. The van der Waals surface area contributed by atoms with Gasteiger partial charge in [0.25, 0.3) is 5.91 Å². The molecule has 0 saturated heterocycles. The number of ether oxygens (including phenoxy) is 2. The summed E-state index contributed by atoms with van der Waals surface area (Å²) < 4.78 is 10.9. The summed E-state index contributed by atoms with van der Waals surface area (Å²) in [7, 11) is 4.89. The molecule has 2 heterocycles. The van der Waals surface area contributed by atoms with Crippen LogP contribution in [-0.4, -0.2) is 44.0 Å². The fraction of sp³-hybridized carbons (Fsp3) is 0.500. The van der Waals surface area contributed by atoms with Crippen LogP contribution >= 0.6 is 11.3 Å². The van der Waals surface area contributed by atoms with E-state index < -0.39 is 5.92 Å². The zero-order valence-corrected chi connectivity index (χ0v) is 19.2. The lowest BCUT2D eigenvalue weighted by Crippen LogP contribution is -2.47. The molecular formula is C24H30N2O4S. The molecule has 7 heteroatoms. The van der Waals surface area contributed by atoms with Crippen molar-refractivity contribution in [2.45, 2.75) is 56.5 Å². The number of hydrogen-bond donors (Lipinski definition) is 1. The number of nitrogens with one attached hydrogen (secondary N) is 1. The molecule has 6 nitrogen and oxygen atoms in total. The second-order valence-corrected chi connectivity index (χ2v) is 9.32. The van der Waals surface area contributed by atoms with Crippen LogP contribution in [0.2, 0.25) is 0 Å². The van der Waals surface area contributed by atoms with Crippen molar-refractivity contribution in [3.05, 3.63) is 45.6 Å². The minimum absolute atomic E-state index is 0.0295. The van der Waals surface area contributed by atoms with E-state index in [2.05, 4.69) is 5.32 Å². The van der Waals surface area contributed by atoms with Gasteiger partial charge in [0, 0.05) is 23.5 Å². The monoisotopic (exact) mass is 442 g/mol. The maximum atomic E-state index is 13.7. The van der Waals surface area contributed by atoms with Crippen LogP contribution < -0.4 is 14.8 Å². The highest BCUT2D eigenvalue weighted by molar-refractivity contribution is 7.10. The van der Waals surface area contributed by atoms with Gasteiger partial charge in [0.2, 0.25) is 5.91 Å². The van der Waals surface area contributed by atoms with Gasteiger partial charge in [-0.25, -0.2) is 0 Å². The van der Waals surface area contributed by atoms with Gasteiger partial charge in [-0.2, -0.15) is 0 Å². The van der Waals surface area contributed by atoms with Crippen molar-refractivity contribution in [1.82, 2.24) is 10.2 Å². The highest BCUT2D eigenvalue weighted by Crippen LogP contribution is 2.46. The Bertz CT molecular complexity index is 935. The first-order chi connectivity index (χ1) is 15.0. The van der Waals surface area contributed by atoms with Crippen molar-refractivity contribution in [1.29, 1.82) is 0 Å². The third-order valence-corrected chi connectivity index (χ3v) is 7.44. The number of thiophene rings is 1. The molecule has 0 bridgehead atoms. The van der Waals surface area contributed by atoms with Crippen molar-refractivity contribution in [3.63, 3.8) is 0 Å². The maximum Gasteiger partial charge on any atom is 0.254 e. The molecule has 2 amide bonds. The van der Waals surface area contributed by atoms with Crippen molar-refractivity contribution in [2.24, 2.45) is 0 Å². The van der Waals surface area contributed by atoms with E-state index in [1.807, 2.05) is 17.5 Å². The van der Waals surface area contributed by atoms with Crippen LogP contribution in [0.4, 0.5) is 0 Å². The first-order valence-electron chi connectivity index (χ1n) is 10.9. The Morgan fingerprint density at radius 3 is 2.39 bits per heavy atom. The molecule has 1 aromatic heterocycles. The van der Waals surface area contributed by atoms with Gasteiger partial charge in [-0.15, -0.1) is 11.3 Å². The lowest BCUT2D eigenvalue weighted by molar-refractivity contribution is -0.124. The molecule has 1 saturated carbocycles. The molecule has 1 aliphatic carbocycles. The van der Waals surface area contributed by atoms with Crippen molar-refractivity contribution in [2.75, 3.05) is 21.3 Å². The largest absolute Gasteiger partial charge is 0.493 e. The molecule has 2 aliphatic rings. The van der Waals surface area contributed by atoms with Crippen molar-refractivity contribution in [3.8, 4) is 11.5 Å². The number of fused-ring (bicyclic) bond motifs is 1. The normalized spacial score (nSPS) is 21.9. The number of nitrogens with zero attached hydrogens (tertiary/aromatic N) is 1. The van der Waals surface area contributed by atoms with Crippen molar-refractivity contribution < 1.29 is 19.1 Å². The van der Waals surface area contributed by atoms with E-state index in [4.69, 9.17) is 9.47 Å². The van der Waals surface area contributed by atoms with E-state index in [-0.39, 0.29) is 23.9 Å². The van der Waals surface area contributed by atoms with Crippen LogP contribution in [0, 0.1) is 0 Å². The molecule has 1 fully saturated rings. The molecule has 1 N–H and O–H groups in total.